The average molecular weight is 461 g/mol. The zero-order valence-corrected chi connectivity index (χ0v) is 18.9. The fraction of sp³-hybridized carbons (Fsp3) is 0.269. The Morgan fingerprint density at radius 3 is 2.70 bits per heavy atom. The smallest absolute Gasteiger partial charge is 0.272 e. The molecule has 1 fully saturated rings. The Kier molecular flexibility index (Phi) is 6.11. The molecule has 1 aromatic carbocycles. The molecule has 5 rings (SSSR count). The Bertz CT molecular complexity index is 1290. The van der Waals surface area contributed by atoms with Crippen LogP contribution in [0.3, 0.4) is 0 Å². The van der Waals surface area contributed by atoms with Gasteiger partial charge in [-0.1, -0.05) is 48.7 Å². The van der Waals surface area contributed by atoms with Crippen LogP contribution in [0.2, 0.25) is 5.15 Å². The molecule has 3 aromatic heterocycles. The van der Waals surface area contributed by atoms with Gasteiger partial charge in [-0.25, -0.2) is 9.50 Å². The number of pyridine rings is 1. The number of halogens is 1. The number of amides is 1. The van der Waals surface area contributed by atoms with Gasteiger partial charge in [-0.05, 0) is 71.8 Å². The van der Waals surface area contributed by atoms with E-state index in [2.05, 4.69) is 39.7 Å². The Morgan fingerprint density at radius 2 is 1.91 bits per heavy atom. The second-order valence-electron chi connectivity index (χ2n) is 8.57. The van der Waals surface area contributed by atoms with E-state index in [-0.39, 0.29) is 11.9 Å². The van der Waals surface area contributed by atoms with Gasteiger partial charge in [-0.15, -0.1) is 0 Å². The van der Waals surface area contributed by atoms with Crippen molar-refractivity contribution < 1.29 is 9.90 Å². The predicted molar refractivity (Wildman–Crippen MR) is 128 cm³/mol. The molecule has 0 radical (unpaired) electrons. The van der Waals surface area contributed by atoms with Gasteiger partial charge in [-0.2, -0.15) is 5.10 Å². The van der Waals surface area contributed by atoms with Crippen molar-refractivity contribution >= 4 is 23.0 Å². The summed E-state index contributed by atoms with van der Waals surface area (Å²) >= 11 is 6.02. The number of carbonyl (C=O) groups excluding carboxylic acids is 1. The van der Waals surface area contributed by atoms with Crippen LogP contribution in [-0.4, -0.2) is 37.8 Å². The SMILES string of the molecule is O=C(N[C@H]1CCCC[C@@H]1O)c1cc(Cc2ccc(-c3ccnc(Cl)c3)cc2)c2cccn2n1. The topological polar surface area (TPSA) is 79.5 Å². The second-order valence-corrected chi connectivity index (χ2v) is 8.95. The third kappa shape index (κ3) is 4.77. The number of aliphatic hydroxyl groups is 1. The third-order valence-corrected chi connectivity index (χ3v) is 6.48. The summed E-state index contributed by atoms with van der Waals surface area (Å²) in [5.74, 6) is -0.247. The molecular formula is C26H25ClN4O2. The molecule has 1 amide bonds. The van der Waals surface area contributed by atoms with Crippen LogP contribution >= 0.6 is 11.6 Å². The van der Waals surface area contributed by atoms with Gasteiger partial charge in [-0.3, -0.25) is 4.79 Å². The van der Waals surface area contributed by atoms with Gasteiger partial charge >= 0.3 is 0 Å². The number of nitrogens with one attached hydrogen (secondary N) is 1. The maximum Gasteiger partial charge on any atom is 0.272 e. The lowest BCUT2D eigenvalue weighted by Crippen LogP contribution is -2.45. The largest absolute Gasteiger partial charge is 0.391 e. The van der Waals surface area contributed by atoms with Gasteiger partial charge in [0.15, 0.2) is 0 Å². The lowest BCUT2D eigenvalue weighted by Gasteiger charge is -2.28. The van der Waals surface area contributed by atoms with E-state index in [0.717, 1.165) is 53.5 Å². The fourth-order valence-corrected chi connectivity index (χ4v) is 4.66. The minimum Gasteiger partial charge on any atom is -0.391 e. The molecule has 0 aliphatic heterocycles. The van der Waals surface area contributed by atoms with E-state index in [4.69, 9.17) is 11.6 Å². The molecule has 2 N–H and O–H groups in total. The molecule has 6 nitrogen and oxygen atoms in total. The lowest BCUT2D eigenvalue weighted by molar-refractivity contribution is 0.0713. The summed E-state index contributed by atoms with van der Waals surface area (Å²) in [6, 6.07) is 17.6. The van der Waals surface area contributed by atoms with Crippen molar-refractivity contribution in [1.29, 1.82) is 0 Å². The quantitative estimate of drug-likeness (QED) is 0.424. The number of rotatable bonds is 5. The molecule has 0 saturated heterocycles. The Morgan fingerprint density at radius 1 is 1.09 bits per heavy atom. The van der Waals surface area contributed by atoms with E-state index in [9.17, 15) is 9.90 Å². The van der Waals surface area contributed by atoms with Crippen LogP contribution in [-0.2, 0) is 6.42 Å². The fourth-order valence-electron chi connectivity index (χ4n) is 4.49. The summed E-state index contributed by atoms with van der Waals surface area (Å²) < 4.78 is 1.74. The maximum absolute atomic E-state index is 12.9. The molecule has 3 heterocycles. The first kappa shape index (κ1) is 21.6. The van der Waals surface area contributed by atoms with Gasteiger partial charge in [0.2, 0.25) is 0 Å². The average Bonchev–Trinajstić information content (AvgIpc) is 3.30. The molecule has 4 aromatic rings. The number of fused-ring (bicyclic) bond motifs is 1. The number of benzene rings is 1. The van der Waals surface area contributed by atoms with Gasteiger partial charge in [0, 0.05) is 12.4 Å². The van der Waals surface area contributed by atoms with Crippen molar-refractivity contribution in [3.63, 3.8) is 0 Å². The highest BCUT2D eigenvalue weighted by molar-refractivity contribution is 6.29. The molecule has 1 saturated carbocycles. The van der Waals surface area contributed by atoms with Gasteiger partial charge in [0.25, 0.3) is 5.91 Å². The van der Waals surface area contributed by atoms with E-state index in [1.807, 2.05) is 36.5 Å². The number of aromatic nitrogens is 3. The number of hydrogen-bond donors (Lipinski definition) is 2. The summed E-state index contributed by atoms with van der Waals surface area (Å²) in [5.41, 5.74) is 5.55. The normalized spacial score (nSPS) is 18.4. The number of carbonyl (C=O) groups is 1. The van der Waals surface area contributed by atoms with Crippen molar-refractivity contribution in [3.05, 3.63) is 89.0 Å². The van der Waals surface area contributed by atoms with Crippen LogP contribution < -0.4 is 5.32 Å². The first-order chi connectivity index (χ1) is 16.1. The molecule has 0 unspecified atom stereocenters. The zero-order valence-electron chi connectivity index (χ0n) is 18.1. The van der Waals surface area contributed by atoms with E-state index in [1.54, 1.807) is 10.7 Å². The highest BCUT2D eigenvalue weighted by atomic mass is 35.5. The molecular weight excluding hydrogens is 436 g/mol. The zero-order chi connectivity index (χ0) is 22.8. The van der Waals surface area contributed by atoms with Crippen LogP contribution in [0.1, 0.15) is 47.3 Å². The molecule has 0 spiro atoms. The molecule has 0 bridgehead atoms. The molecule has 33 heavy (non-hydrogen) atoms. The van der Waals surface area contributed by atoms with Crippen LogP contribution in [0.15, 0.2) is 67.0 Å². The van der Waals surface area contributed by atoms with Crippen molar-refractivity contribution in [1.82, 2.24) is 19.9 Å². The second kappa shape index (κ2) is 9.33. The minimum absolute atomic E-state index is 0.217. The Labute approximate surface area is 197 Å². The summed E-state index contributed by atoms with van der Waals surface area (Å²) in [6.07, 6.45) is 7.25. The number of aliphatic hydroxyl groups excluding tert-OH is 1. The third-order valence-electron chi connectivity index (χ3n) is 6.27. The van der Waals surface area contributed by atoms with Crippen molar-refractivity contribution in [3.8, 4) is 11.1 Å². The minimum atomic E-state index is -0.494. The van der Waals surface area contributed by atoms with Gasteiger partial charge in [0.1, 0.15) is 10.8 Å². The summed E-state index contributed by atoms with van der Waals surface area (Å²) in [5, 5.41) is 18.2. The highest BCUT2D eigenvalue weighted by Crippen LogP contribution is 2.24. The Hall–Kier alpha value is -3.22. The lowest BCUT2D eigenvalue weighted by atomic mass is 9.92. The van der Waals surface area contributed by atoms with Gasteiger partial charge in [0.05, 0.1) is 17.7 Å². The monoisotopic (exact) mass is 460 g/mol. The molecule has 2 atom stereocenters. The van der Waals surface area contributed by atoms with E-state index in [0.29, 0.717) is 17.3 Å². The van der Waals surface area contributed by atoms with Crippen LogP contribution in [0.4, 0.5) is 0 Å². The Balaban J connectivity index is 1.39. The number of nitrogens with zero attached hydrogens (tertiary/aromatic N) is 3. The first-order valence-corrected chi connectivity index (χ1v) is 11.6. The molecule has 1 aliphatic carbocycles. The molecule has 1 aliphatic rings. The maximum atomic E-state index is 12.9. The van der Waals surface area contributed by atoms with Gasteiger partial charge < -0.3 is 10.4 Å². The summed E-state index contributed by atoms with van der Waals surface area (Å²) in [6.45, 7) is 0. The van der Waals surface area contributed by atoms with E-state index in [1.165, 1.54) is 0 Å². The summed E-state index contributed by atoms with van der Waals surface area (Å²) in [7, 11) is 0. The summed E-state index contributed by atoms with van der Waals surface area (Å²) in [4.78, 5) is 17.0. The van der Waals surface area contributed by atoms with E-state index < -0.39 is 6.10 Å². The standard InChI is InChI=1S/C26H25ClN4O2/c27-25-16-19(11-12-28-25)18-9-7-17(8-10-18)14-20-15-22(30-31-13-3-5-23(20)31)26(33)29-21-4-1-2-6-24(21)32/h3,5,7-13,15-16,21,24,32H,1-2,4,6,14H2,(H,29,33)/t21-,24-/m0/s1. The van der Waals surface area contributed by atoms with Crippen molar-refractivity contribution in [2.45, 2.75) is 44.2 Å². The highest BCUT2D eigenvalue weighted by Gasteiger charge is 2.25. The molecule has 168 valence electrons. The van der Waals surface area contributed by atoms with Crippen molar-refractivity contribution in [2.75, 3.05) is 0 Å². The first-order valence-electron chi connectivity index (χ1n) is 11.2. The number of hydrogen-bond acceptors (Lipinski definition) is 4. The van der Waals surface area contributed by atoms with Crippen LogP contribution in [0, 0.1) is 0 Å². The van der Waals surface area contributed by atoms with Crippen molar-refractivity contribution in [2.24, 2.45) is 0 Å². The van der Waals surface area contributed by atoms with Crippen LogP contribution in [0.5, 0.6) is 0 Å². The molecule has 7 heteroatoms. The van der Waals surface area contributed by atoms with E-state index >= 15 is 0 Å². The predicted octanol–water partition coefficient (Wildman–Crippen LogP) is 4.67. The van der Waals surface area contributed by atoms with Crippen LogP contribution in [0.25, 0.3) is 16.6 Å².